The number of halogens is 3. The molecule has 0 amide bonds. The van der Waals surface area contributed by atoms with Crippen LogP contribution in [0, 0.1) is 5.82 Å². The molecule has 0 aromatic heterocycles. The lowest BCUT2D eigenvalue weighted by molar-refractivity contribution is 0.204. The van der Waals surface area contributed by atoms with Gasteiger partial charge in [-0.1, -0.05) is 47.5 Å². The molecular formula is C14H11Cl2FOS. The largest absolute Gasteiger partial charge is 0.387 e. The highest BCUT2D eigenvalue weighted by Gasteiger charge is 2.14. The molecule has 1 N–H and O–H groups in total. The van der Waals surface area contributed by atoms with Crippen molar-refractivity contribution >= 4 is 35.0 Å². The molecule has 0 saturated carbocycles. The summed E-state index contributed by atoms with van der Waals surface area (Å²) in [5.74, 6) is 0.0120. The molecule has 0 heterocycles. The molecule has 19 heavy (non-hydrogen) atoms. The van der Waals surface area contributed by atoms with E-state index in [1.807, 2.05) is 0 Å². The number of thioether (sulfide) groups is 1. The van der Waals surface area contributed by atoms with Gasteiger partial charge in [0.25, 0.3) is 0 Å². The Kier molecular flexibility index (Phi) is 5.11. The molecule has 0 fully saturated rings. The standard InChI is InChI=1S/C14H11Cl2FOS/c15-10-5-3-4-9(14(10)16)12(18)8-19-13-7-2-1-6-11(13)17/h1-7,12,18H,8H2. The second-order valence-corrected chi connectivity index (χ2v) is 5.75. The van der Waals surface area contributed by atoms with Crippen LogP contribution in [-0.4, -0.2) is 10.9 Å². The molecule has 0 aliphatic carbocycles. The fourth-order valence-electron chi connectivity index (χ4n) is 1.60. The molecule has 0 aliphatic rings. The van der Waals surface area contributed by atoms with Crippen molar-refractivity contribution < 1.29 is 9.50 Å². The summed E-state index contributed by atoms with van der Waals surface area (Å²) < 4.78 is 13.4. The fourth-order valence-corrected chi connectivity index (χ4v) is 2.93. The maximum Gasteiger partial charge on any atom is 0.136 e. The number of hydrogen-bond donors (Lipinski definition) is 1. The van der Waals surface area contributed by atoms with Gasteiger partial charge < -0.3 is 5.11 Å². The molecule has 2 aromatic rings. The van der Waals surface area contributed by atoms with Gasteiger partial charge in [-0.3, -0.25) is 0 Å². The summed E-state index contributed by atoms with van der Waals surface area (Å²) in [5, 5.41) is 10.8. The average Bonchev–Trinajstić information content (AvgIpc) is 2.40. The third-order valence-electron chi connectivity index (χ3n) is 2.57. The van der Waals surface area contributed by atoms with Gasteiger partial charge in [0.1, 0.15) is 5.82 Å². The highest BCUT2D eigenvalue weighted by molar-refractivity contribution is 7.99. The van der Waals surface area contributed by atoms with E-state index in [9.17, 15) is 9.50 Å². The Balaban J connectivity index is 2.08. The van der Waals surface area contributed by atoms with Crippen molar-refractivity contribution in [3.05, 3.63) is 63.9 Å². The van der Waals surface area contributed by atoms with Crippen molar-refractivity contribution in [3.8, 4) is 0 Å². The van der Waals surface area contributed by atoms with E-state index in [1.165, 1.54) is 17.8 Å². The summed E-state index contributed by atoms with van der Waals surface area (Å²) in [6.45, 7) is 0. The van der Waals surface area contributed by atoms with Crippen molar-refractivity contribution in [1.82, 2.24) is 0 Å². The third-order valence-corrected chi connectivity index (χ3v) is 4.53. The number of benzene rings is 2. The first kappa shape index (κ1) is 14.7. The van der Waals surface area contributed by atoms with Crippen LogP contribution in [0.3, 0.4) is 0 Å². The lowest BCUT2D eigenvalue weighted by Gasteiger charge is -2.13. The second kappa shape index (κ2) is 6.62. The van der Waals surface area contributed by atoms with E-state index in [0.717, 1.165) is 0 Å². The summed E-state index contributed by atoms with van der Waals surface area (Å²) in [6.07, 6.45) is -0.796. The molecule has 1 unspecified atom stereocenters. The van der Waals surface area contributed by atoms with Crippen LogP contribution in [0.5, 0.6) is 0 Å². The highest BCUT2D eigenvalue weighted by Crippen LogP contribution is 2.33. The lowest BCUT2D eigenvalue weighted by Crippen LogP contribution is -2.02. The van der Waals surface area contributed by atoms with Gasteiger partial charge in [0, 0.05) is 16.2 Å². The van der Waals surface area contributed by atoms with E-state index in [2.05, 4.69) is 0 Å². The predicted molar refractivity (Wildman–Crippen MR) is 78.5 cm³/mol. The topological polar surface area (TPSA) is 20.2 Å². The van der Waals surface area contributed by atoms with E-state index in [0.29, 0.717) is 26.3 Å². The van der Waals surface area contributed by atoms with Crippen molar-refractivity contribution in [3.63, 3.8) is 0 Å². The summed E-state index contributed by atoms with van der Waals surface area (Å²) in [7, 11) is 0. The Bertz CT molecular complexity index is 577. The molecule has 2 aromatic carbocycles. The molecule has 0 bridgehead atoms. The van der Waals surface area contributed by atoms with Gasteiger partial charge in [-0.25, -0.2) is 4.39 Å². The summed E-state index contributed by atoms with van der Waals surface area (Å²) in [5.41, 5.74) is 0.554. The molecule has 1 nitrogen and oxygen atoms in total. The fraction of sp³-hybridized carbons (Fsp3) is 0.143. The Hall–Kier alpha value is -0.740. The molecular weight excluding hydrogens is 306 g/mol. The first-order chi connectivity index (χ1) is 9.09. The first-order valence-electron chi connectivity index (χ1n) is 5.59. The highest BCUT2D eigenvalue weighted by atomic mass is 35.5. The van der Waals surface area contributed by atoms with Gasteiger partial charge in [-0.15, -0.1) is 11.8 Å². The summed E-state index contributed by atoms with van der Waals surface area (Å²) >= 11 is 13.2. The van der Waals surface area contributed by atoms with Crippen LogP contribution in [0.1, 0.15) is 11.7 Å². The van der Waals surface area contributed by atoms with Gasteiger partial charge >= 0.3 is 0 Å². The van der Waals surface area contributed by atoms with Gasteiger partial charge in [-0.2, -0.15) is 0 Å². The maximum absolute atomic E-state index is 13.4. The smallest absolute Gasteiger partial charge is 0.136 e. The first-order valence-corrected chi connectivity index (χ1v) is 7.33. The Labute approximate surface area is 125 Å². The zero-order valence-corrected chi connectivity index (χ0v) is 12.1. The van der Waals surface area contributed by atoms with E-state index in [1.54, 1.807) is 36.4 Å². The summed E-state index contributed by atoms with van der Waals surface area (Å²) in [4.78, 5) is 0.500. The number of aliphatic hydroxyl groups excluding tert-OH is 1. The minimum atomic E-state index is -0.796. The zero-order chi connectivity index (χ0) is 13.8. The Morgan fingerprint density at radius 1 is 1.11 bits per heavy atom. The molecule has 2 rings (SSSR count). The molecule has 0 aliphatic heterocycles. The molecule has 0 radical (unpaired) electrons. The Morgan fingerprint density at radius 2 is 1.84 bits per heavy atom. The lowest BCUT2D eigenvalue weighted by atomic mass is 10.1. The van der Waals surface area contributed by atoms with Crippen LogP contribution in [0.15, 0.2) is 47.4 Å². The minimum Gasteiger partial charge on any atom is -0.387 e. The van der Waals surface area contributed by atoms with Crippen LogP contribution < -0.4 is 0 Å². The Morgan fingerprint density at radius 3 is 2.58 bits per heavy atom. The van der Waals surface area contributed by atoms with Crippen LogP contribution in [0.25, 0.3) is 0 Å². The third kappa shape index (κ3) is 3.63. The van der Waals surface area contributed by atoms with Crippen molar-refractivity contribution in [2.75, 3.05) is 5.75 Å². The van der Waals surface area contributed by atoms with E-state index in [4.69, 9.17) is 23.2 Å². The van der Waals surface area contributed by atoms with Crippen molar-refractivity contribution in [2.24, 2.45) is 0 Å². The summed E-state index contributed by atoms with van der Waals surface area (Å²) in [6, 6.07) is 11.5. The SMILES string of the molecule is OC(CSc1ccccc1F)c1cccc(Cl)c1Cl. The normalized spacial score (nSPS) is 12.4. The van der Waals surface area contributed by atoms with E-state index < -0.39 is 6.10 Å². The minimum absolute atomic E-state index is 0.295. The van der Waals surface area contributed by atoms with Crippen molar-refractivity contribution in [1.29, 1.82) is 0 Å². The van der Waals surface area contributed by atoms with Crippen LogP contribution in [-0.2, 0) is 0 Å². The molecule has 1 atom stereocenters. The van der Waals surface area contributed by atoms with Crippen LogP contribution in [0.4, 0.5) is 4.39 Å². The van der Waals surface area contributed by atoms with Gasteiger partial charge in [0.2, 0.25) is 0 Å². The van der Waals surface area contributed by atoms with Crippen LogP contribution in [0.2, 0.25) is 10.0 Å². The van der Waals surface area contributed by atoms with E-state index in [-0.39, 0.29) is 5.82 Å². The number of hydrogen-bond acceptors (Lipinski definition) is 2. The second-order valence-electron chi connectivity index (χ2n) is 3.90. The maximum atomic E-state index is 13.4. The van der Waals surface area contributed by atoms with Crippen molar-refractivity contribution in [2.45, 2.75) is 11.0 Å². The van der Waals surface area contributed by atoms with Gasteiger partial charge in [-0.05, 0) is 18.2 Å². The van der Waals surface area contributed by atoms with E-state index >= 15 is 0 Å². The molecule has 5 heteroatoms. The van der Waals surface area contributed by atoms with Crippen LogP contribution >= 0.6 is 35.0 Å². The molecule has 0 saturated heterocycles. The van der Waals surface area contributed by atoms with Gasteiger partial charge in [0.05, 0.1) is 16.1 Å². The monoisotopic (exact) mass is 316 g/mol. The number of aliphatic hydroxyl groups is 1. The quantitative estimate of drug-likeness (QED) is 0.805. The molecule has 0 spiro atoms. The average molecular weight is 317 g/mol. The predicted octanol–water partition coefficient (Wildman–Crippen LogP) is 4.96. The number of rotatable bonds is 4. The zero-order valence-electron chi connectivity index (χ0n) is 9.82. The molecule has 100 valence electrons. The van der Waals surface area contributed by atoms with Gasteiger partial charge in [0.15, 0.2) is 0 Å².